The highest BCUT2D eigenvalue weighted by Crippen LogP contribution is 2.23. The van der Waals surface area contributed by atoms with Gasteiger partial charge in [0, 0.05) is 5.56 Å². The van der Waals surface area contributed by atoms with Gasteiger partial charge in [-0.2, -0.15) is 0 Å². The van der Waals surface area contributed by atoms with E-state index in [2.05, 4.69) is 15.6 Å². The third-order valence-electron chi connectivity index (χ3n) is 5.32. The molecule has 4 rings (SSSR count). The normalized spacial score (nSPS) is 11.7. The van der Waals surface area contributed by atoms with Crippen LogP contribution in [0.25, 0.3) is 11.3 Å². The fraction of sp³-hybridized carbons (Fsp3) is 0.120. The van der Waals surface area contributed by atoms with Crippen molar-refractivity contribution in [3.8, 4) is 11.3 Å². The molecule has 3 aromatic carbocycles. The summed E-state index contributed by atoms with van der Waals surface area (Å²) in [6.45, 7) is 1.76. The molecule has 0 aliphatic rings. The minimum atomic E-state index is -1.04. The lowest BCUT2D eigenvalue weighted by Gasteiger charge is -2.16. The number of nitrogens with zero attached hydrogens (tertiary/aromatic N) is 3. The third-order valence-corrected chi connectivity index (χ3v) is 5.32. The van der Waals surface area contributed by atoms with Gasteiger partial charge < -0.3 is 10.4 Å². The molecule has 7 nitrogen and oxygen atoms in total. The third kappa shape index (κ3) is 4.83. The van der Waals surface area contributed by atoms with Crippen LogP contribution in [0.3, 0.4) is 0 Å². The van der Waals surface area contributed by atoms with Crippen LogP contribution in [0.4, 0.5) is 8.78 Å². The molecule has 0 saturated heterocycles. The summed E-state index contributed by atoms with van der Waals surface area (Å²) in [6.07, 6.45) is 0. The number of hydrogen-bond acceptors (Lipinski definition) is 4. The Morgan fingerprint density at radius 1 is 1.00 bits per heavy atom. The lowest BCUT2D eigenvalue weighted by molar-refractivity contribution is 0.0696. The smallest absolute Gasteiger partial charge is 0.335 e. The standard InChI is InChI=1S/C25H20F2N4O3/c1-15(17-8-10-19(11-9-17)25(33)34)28-24(32)23-22(18-5-3-2-4-6-18)29-30-31(23)14-16-7-12-20(26)21(27)13-16/h2-13,15H,14H2,1H3,(H,28,32)(H,33,34)/t15-/m0/s1. The zero-order valence-corrected chi connectivity index (χ0v) is 18.1. The van der Waals surface area contributed by atoms with E-state index in [4.69, 9.17) is 5.11 Å². The van der Waals surface area contributed by atoms with Gasteiger partial charge in [0.15, 0.2) is 17.3 Å². The van der Waals surface area contributed by atoms with E-state index in [9.17, 15) is 18.4 Å². The van der Waals surface area contributed by atoms with Crippen LogP contribution in [0, 0.1) is 11.6 Å². The average Bonchev–Trinajstić information content (AvgIpc) is 3.25. The van der Waals surface area contributed by atoms with Crippen LogP contribution < -0.4 is 5.32 Å². The van der Waals surface area contributed by atoms with Crippen molar-refractivity contribution in [1.82, 2.24) is 20.3 Å². The number of aromatic nitrogens is 3. The van der Waals surface area contributed by atoms with Crippen LogP contribution in [-0.4, -0.2) is 32.0 Å². The second-order valence-electron chi connectivity index (χ2n) is 7.68. The first-order chi connectivity index (χ1) is 16.3. The average molecular weight is 462 g/mol. The Labute approximate surface area is 193 Å². The summed E-state index contributed by atoms with van der Waals surface area (Å²) in [4.78, 5) is 24.4. The lowest BCUT2D eigenvalue weighted by Crippen LogP contribution is -2.29. The largest absolute Gasteiger partial charge is 0.478 e. The predicted octanol–water partition coefficient (Wildman–Crippen LogP) is 4.46. The van der Waals surface area contributed by atoms with Gasteiger partial charge in [0.2, 0.25) is 0 Å². The van der Waals surface area contributed by atoms with Crippen molar-refractivity contribution in [3.05, 3.63) is 107 Å². The first-order valence-corrected chi connectivity index (χ1v) is 10.4. The molecule has 0 fully saturated rings. The Morgan fingerprint density at radius 2 is 1.71 bits per heavy atom. The van der Waals surface area contributed by atoms with Crippen molar-refractivity contribution in [2.45, 2.75) is 19.5 Å². The zero-order chi connectivity index (χ0) is 24.2. The quantitative estimate of drug-likeness (QED) is 0.423. The number of halogens is 2. The maximum absolute atomic E-state index is 13.7. The molecule has 172 valence electrons. The molecular formula is C25H20F2N4O3. The maximum atomic E-state index is 13.7. The van der Waals surface area contributed by atoms with Gasteiger partial charge in [0.25, 0.3) is 5.91 Å². The van der Waals surface area contributed by atoms with Crippen molar-refractivity contribution in [3.63, 3.8) is 0 Å². The molecular weight excluding hydrogens is 442 g/mol. The molecule has 0 aliphatic carbocycles. The number of amides is 1. The van der Waals surface area contributed by atoms with Crippen LogP contribution in [-0.2, 0) is 6.54 Å². The zero-order valence-electron chi connectivity index (χ0n) is 18.1. The molecule has 1 aromatic heterocycles. The Hall–Kier alpha value is -4.40. The highest BCUT2D eigenvalue weighted by atomic mass is 19.2. The first-order valence-electron chi connectivity index (χ1n) is 10.4. The predicted molar refractivity (Wildman–Crippen MR) is 120 cm³/mol. The monoisotopic (exact) mass is 462 g/mol. The molecule has 1 atom stereocenters. The Bertz CT molecular complexity index is 1340. The summed E-state index contributed by atoms with van der Waals surface area (Å²) in [5.74, 6) is -3.47. The molecule has 34 heavy (non-hydrogen) atoms. The molecule has 1 amide bonds. The van der Waals surface area contributed by atoms with Gasteiger partial charge in [-0.15, -0.1) is 5.10 Å². The van der Waals surface area contributed by atoms with E-state index in [1.807, 2.05) is 6.07 Å². The van der Waals surface area contributed by atoms with Gasteiger partial charge >= 0.3 is 5.97 Å². The second kappa shape index (κ2) is 9.62. The number of rotatable bonds is 7. The van der Waals surface area contributed by atoms with Crippen molar-refractivity contribution >= 4 is 11.9 Å². The van der Waals surface area contributed by atoms with Crippen LogP contribution in [0.15, 0.2) is 72.8 Å². The fourth-order valence-corrected chi connectivity index (χ4v) is 3.51. The summed E-state index contributed by atoms with van der Waals surface area (Å²) in [5, 5.41) is 20.2. The molecule has 0 bridgehead atoms. The summed E-state index contributed by atoms with van der Waals surface area (Å²) in [6, 6.07) is 18.2. The summed E-state index contributed by atoms with van der Waals surface area (Å²) < 4.78 is 28.4. The summed E-state index contributed by atoms with van der Waals surface area (Å²) in [5.41, 5.74) is 2.43. The van der Waals surface area contributed by atoms with E-state index >= 15 is 0 Å². The molecule has 0 radical (unpaired) electrons. The summed E-state index contributed by atoms with van der Waals surface area (Å²) >= 11 is 0. The first kappa shape index (κ1) is 22.8. The SMILES string of the molecule is C[C@H](NC(=O)c1c(-c2ccccc2)nnn1Cc1ccc(F)c(F)c1)c1ccc(C(=O)O)cc1. The molecule has 0 unspecified atom stereocenters. The minimum absolute atomic E-state index is 0.00146. The van der Waals surface area contributed by atoms with E-state index in [0.717, 1.165) is 12.1 Å². The summed E-state index contributed by atoms with van der Waals surface area (Å²) in [7, 11) is 0. The van der Waals surface area contributed by atoms with Gasteiger partial charge in [-0.05, 0) is 42.3 Å². The number of carboxylic acids is 1. The van der Waals surface area contributed by atoms with Crippen molar-refractivity contribution in [2.24, 2.45) is 0 Å². The molecule has 2 N–H and O–H groups in total. The van der Waals surface area contributed by atoms with Crippen LogP contribution >= 0.6 is 0 Å². The Kier molecular flexibility index (Phi) is 6.44. The van der Waals surface area contributed by atoms with E-state index in [1.54, 1.807) is 43.3 Å². The number of carboxylic acid groups (broad SMARTS) is 1. The van der Waals surface area contributed by atoms with Gasteiger partial charge in [-0.3, -0.25) is 4.79 Å². The van der Waals surface area contributed by atoms with Crippen LogP contribution in [0.2, 0.25) is 0 Å². The number of aromatic carboxylic acids is 1. The molecule has 0 aliphatic heterocycles. The van der Waals surface area contributed by atoms with Crippen LogP contribution in [0.1, 0.15) is 44.9 Å². The maximum Gasteiger partial charge on any atom is 0.335 e. The number of carbonyl (C=O) groups excluding carboxylic acids is 1. The molecule has 4 aromatic rings. The number of nitrogens with one attached hydrogen (secondary N) is 1. The van der Waals surface area contributed by atoms with E-state index in [1.165, 1.54) is 22.9 Å². The van der Waals surface area contributed by atoms with E-state index in [-0.39, 0.29) is 17.8 Å². The van der Waals surface area contributed by atoms with Gasteiger partial charge in [0.1, 0.15) is 5.69 Å². The fourth-order valence-electron chi connectivity index (χ4n) is 3.51. The molecule has 0 saturated carbocycles. The van der Waals surface area contributed by atoms with Crippen LogP contribution in [0.5, 0.6) is 0 Å². The van der Waals surface area contributed by atoms with Gasteiger partial charge in [-0.25, -0.2) is 18.3 Å². The minimum Gasteiger partial charge on any atom is -0.478 e. The molecule has 0 spiro atoms. The molecule has 9 heteroatoms. The van der Waals surface area contributed by atoms with Gasteiger partial charge in [0.05, 0.1) is 18.2 Å². The van der Waals surface area contributed by atoms with Gasteiger partial charge in [-0.1, -0.05) is 53.7 Å². The number of benzene rings is 3. The van der Waals surface area contributed by atoms with Crippen molar-refractivity contribution < 1.29 is 23.5 Å². The highest BCUT2D eigenvalue weighted by molar-refractivity contribution is 5.98. The lowest BCUT2D eigenvalue weighted by atomic mass is 10.1. The number of hydrogen-bond donors (Lipinski definition) is 2. The number of carbonyl (C=O) groups is 2. The van der Waals surface area contributed by atoms with E-state index < -0.39 is 29.6 Å². The Balaban J connectivity index is 1.66. The van der Waals surface area contributed by atoms with E-state index in [0.29, 0.717) is 22.4 Å². The highest BCUT2D eigenvalue weighted by Gasteiger charge is 2.24. The topological polar surface area (TPSA) is 97.1 Å². The second-order valence-corrected chi connectivity index (χ2v) is 7.68. The molecule has 1 heterocycles. The Morgan fingerprint density at radius 3 is 2.35 bits per heavy atom. The van der Waals surface area contributed by atoms with Crippen molar-refractivity contribution in [1.29, 1.82) is 0 Å². The van der Waals surface area contributed by atoms with Crippen molar-refractivity contribution in [2.75, 3.05) is 0 Å².